The topological polar surface area (TPSA) is 73.6 Å². The molecule has 5 nitrogen and oxygen atoms in total. The Morgan fingerprint density at radius 2 is 2.04 bits per heavy atom. The van der Waals surface area contributed by atoms with Crippen molar-refractivity contribution in [3.8, 4) is 6.07 Å². The van der Waals surface area contributed by atoms with Gasteiger partial charge in [-0.15, -0.1) is 0 Å². The van der Waals surface area contributed by atoms with Gasteiger partial charge in [0.05, 0.1) is 10.7 Å². The largest absolute Gasteiger partial charge is 0.459 e. The molecule has 1 aromatic rings. The highest BCUT2D eigenvalue weighted by atomic mass is 32.2. The Morgan fingerprint density at radius 1 is 1.32 bits per heavy atom. The van der Waals surface area contributed by atoms with Crippen molar-refractivity contribution in [3.05, 3.63) is 34.1 Å². The third-order valence-corrected chi connectivity index (χ3v) is 4.29. The molecule has 0 bridgehead atoms. The van der Waals surface area contributed by atoms with Gasteiger partial charge >= 0.3 is 12.1 Å². The zero-order chi connectivity index (χ0) is 18.2. The third kappa shape index (κ3) is 3.53. The Balaban J connectivity index is 1.86. The number of nitrogens with zero attached hydrogens (tertiary/aromatic N) is 3. The molecule has 0 radical (unpaired) electrons. The second-order valence-corrected chi connectivity index (χ2v) is 6.23. The number of anilines is 1. The van der Waals surface area contributed by atoms with Gasteiger partial charge in [-0.1, -0.05) is 11.8 Å². The fraction of sp³-hybridized carbons (Fsp3) is 0.357. The van der Waals surface area contributed by atoms with Crippen LogP contribution in [0.3, 0.4) is 0 Å². The highest BCUT2D eigenvalue weighted by Gasteiger charge is 2.61. The van der Waals surface area contributed by atoms with Crippen LogP contribution >= 0.6 is 11.8 Å². The lowest BCUT2D eigenvalue weighted by atomic mass is 10.2. The van der Waals surface area contributed by atoms with E-state index < -0.39 is 17.8 Å². The monoisotopic (exact) mass is 375 g/mol. The van der Waals surface area contributed by atoms with Gasteiger partial charge in [0.1, 0.15) is 17.3 Å². The molecule has 3 rings (SSSR count). The van der Waals surface area contributed by atoms with Crippen LogP contribution in [0, 0.1) is 11.3 Å². The van der Waals surface area contributed by atoms with Crippen LogP contribution in [0.25, 0.3) is 5.57 Å². The molecule has 25 heavy (non-hydrogen) atoms. The summed E-state index contributed by atoms with van der Waals surface area (Å²) in [6.45, 7) is 0. The Labute approximate surface area is 143 Å². The summed E-state index contributed by atoms with van der Waals surface area (Å²) in [7, 11) is 0. The number of nitriles is 1. The zero-order valence-electron chi connectivity index (χ0n) is 12.4. The molecule has 1 aliphatic carbocycles. The van der Waals surface area contributed by atoms with E-state index in [2.05, 4.69) is 15.3 Å². The van der Waals surface area contributed by atoms with E-state index in [1.165, 1.54) is 12.3 Å². The van der Waals surface area contributed by atoms with Gasteiger partial charge in [-0.25, -0.2) is 9.97 Å². The first kappa shape index (κ1) is 17.5. The molecule has 2 heterocycles. The predicted molar refractivity (Wildman–Crippen MR) is 81.0 cm³/mol. The van der Waals surface area contributed by atoms with Gasteiger partial charge < -0.3 is 10.6 Å². The van der Waals surface area contributed by atoms with Gasteiger partial charge in [-0.2, -0.15) is 27.2 Å². The SMILES string of the molecule is N#C/C(=C1\NC(C(F)(F)C(F)(F)F)=CS1)c1ccnc(NC2CC2)n1. The van der Waals surface area contributed by atoms with Crippen molar-refractivity contribution >= 4 is 23.3 Å². The molecule has 1 aromatic heterocycles. The smallest absolute Gasteiger partial charge is 0.351 e. The fourth-order valence-electron chi connectivity index (χ4n) is 1.93. The van der Waals surface area contributed by atoms with Crippen LogP contribution in [0.1, 0.15) is 18.5 Å². The normalized spacial score (nSPS) is 19.8. The minimum Gasteiger partial charge on any atom is -0.351 e. The van der Waals surface area contributed by atoms with Crippen molar-refractivity contribution < 1.29 is 22.0 Å². The summed E-state index contributed by atoms with van der Waals surface area (Å²) in [5.74, 6) is -4.77. The molecule has 2 N–H and O–H groups in total. The standard InChI is InChI=1S/C14H10F5N5S/c15-13(16,14(17,18)19)10-6-25-11(24-10)8(5-20)9-3-4-21-12(23-9)22-7-1-2-7/h3-4,6-7,24H,1-2H2,(H,21,22,23)/b11-8-. The fourth-order valence-corrected chi connectivity index (χ4v) is 2.81. The summed E-state index contributed by atoms with van der Waals surface area (Å²) in [6.07, 6.45) is -2.41. The first-order valence-corrected chi connectivity index (χ1v) is 7.93. The Kier molecular flexibility index (Phi) is 4.32. The minimum absolute atomic E-state index is 0.126. The average molecular weight is 375 g/mol. The molecule has 0 unspecified atom stereocenters. The summed E-state index contributed by atoms with van der Waals surface area (Å²) >= 11 is 0.576. The third-order valence-electron chi connectivity index (χ3n) is 3.40. The summed E-state index contributed by atoms with van der Waals surface area (Å²) in [6, 6.07) is 3.42. The molecule has 0 saturated heterocycles. The molecule has 0 spiro atoms. The molecular weight excluding hydrogens is 365 g/mol. The van der Waals surface area contributed by atoms with E-state index in [1.807, 2.05) is 5.32 Å². The van der Waals surface area contributed by atoms with Crippen LogP contribution in [-0.2, 0) is 0 Å². The van der Waals surface area contributed by atoms with Crippen LogP contribution in [0.5, 0.6) is 0 Å². The maximum atomic E-state index is 13.4. The van der Waals surface area contributed by atoms with Crippen LogP contribution in [-0.4, -0.2) is 28.1 Å². The second-order valence-electron chi connectivity index (χ2n) is 5.35. The van der Waals surface area contributed by atoms with Crippen LogP contribution < -0.4 is 10.6 Å². The zero-order valence-corrected chi connectivity index (χ0v) is 13.2. The lowest BCUT2D eigenvalue weighted by molar-refractivity contribution is -0.265. The number of halogens is 5. The van der Waals surface area contributed by atoms with Gasteiger partial charge in [0.15, 0.2) is 0 Å². The van der Waals surface area contributed by atoms with Crippen LogP contribution in [0.4, 0.5) is 27.9 Å². The maximum absolute atomic E-state index is 13.4. The molecule has 0 amide bonds. The number of hydrogen-bond donors (Lipinski definition) is 2. The van der Waals surface area contributed by atoms with E-state index in [1.54, 1.807) is 6.07 Å². The van der Waals surface area contributed by atoms with E-state index in [4.69, 9.17) is 0 Å². The first-order valence-electron chi connectivity index (χ1n) is 7.05. The van der Waals surface area contributed by atoms with Gasteiger partial charge in [0.25, 0.3) is 0 Å². The van der Waals surface area contributed by atoms with E-state index in [-0.39, 0.29) is 28.3 Å². The number of aromatic nitrogens is 2. The summed E-state index contributed by atoms with van der Waals surface area (Å²) < 4.78 is 64.1. The number of alkyl halides is 5. The van der Waals surface area contributed by atoms with Gasteiger partial charge in [0.2, 0.25) is 5.95 Å². The average Bonchev–Trinajstić information content (AvgIpc) is 3.21. The molecular formula is C14H10F5N5S. The molecule has 0 aromatic carbocycles. The van der Waals surface area contributed by atoms with Crippen molar-refractivity contribution in [1.29, 1.82) is 5.26 Å². The molecule has 1 aliphatic heterocycles. The Bertz CT molecular complexity index is 792. The van der Waals surface area contributed by atoms with Crippen LogP contribution in [0.15, 0.2) is 28.4 Å². The summed E-state index contributed by atoms with van der Waals surface area (Å²) in [5, 5.41) is 14.8. The Hall–Kier alpha value is -2.35. The highest BCUT2D eigenvalue weighted by molar-refractivity contribution is 8.06. The van der Waals surface area contributed by atoms with E-state index >= 15 is 0 Å². The summed E-state index contributed by atoms with van der Waals surface area (Å²) in [4.78, 5) is 8.10. The molecule has 132 valence electrons. The quantitative estimate of drug-likeness (QED) is 0.619. The van der Waals surface area contributed by atoms with Crippen LogP contribution in [0.2, 0.25) is 0 Å². The maximum Gasteiger partial charge on any atom is 0.459 e. The number of hydrogen-bond acceptors (Lipinski definition) is 6. The second kappa shape index (κ2) is 6.18. The highest BCUT2D eigenvalue weighted by Crippen LogP contribution is 2.45. The minimum atomic E-state index is -5.73. The van der Waals surface area contributed by atoms with Crippen molar-refractivity contribution in [2.45, 2.75) is 31.0 Å². The molecule has 2 aliphatic rings. The van der Waals surface area contributed by atoms with E-state index in [9.17, 15) is 27.2 Å². The number of rotatable bonds is 4. The number of thioether (sulfide) groups is 1. The molecule has 11 heteroatoms. The van der Waals surface area contributed by atoms with Gasteiger partial charge in [-0.05, 0) is 18.9 Å². The number of nitrogens with one attached hydrogen (secondary N) is 2. The molecule has 1 saturated carbocycles. The lowest BCUT2D eigenvalue weighted by Crippen LogP contribution is -2.41. The van der Waals surface area contributed by atoms with E-state index in [0.717, 1.165) is 12.8 Å². The molecule has 1 fully saturated rings. The molecule has 0 atom stereocenters. The van der Waals surface area contributed by atoms with E-state index in [0.29, 0.717) is 17.2 Å². The van der Waals surface area contributed by atoms with Crippen molar-refractivity contribution in [1.82, 2.24) is 15.3 Å². The predicted octanol–water partition coefficient (Wildman–Crippen LogP) is 3.62. The first-order chi connectivity index (χ1) is 11.7. The Morgan fingerprint density at radius 3 is 2.64 bits per heavy atom. The van der Waals surface area contributed by atoms with Crippen molar-refractivity contribution in [2.24, 2.45) is 0 Å². The van der Waals surface area contributed by atoms with Crippen molar-refractivity contribution in [3.63, 3.8) is 0 Å². The van der Waals surface area contributed by atoms with Gasteiger partial charge in [0, 0.05) is 17.6 Å². The van der Waals surface area contributed by atoms with Crippen molar-refractivity contribution in [2.75, 3.05) is 5.32 Å². The lowest BCUT2D eigenvalue weighted by Gasteiger charge is -2.20. The number of allylic oxidation sites excluding steroid dienone is 2. The van der Waals surface area contributed by atoms with Gasteiger partial charge in [-0.3, -0.25) is 0 Å². The summed E-state index contributed by atoms with van der Waals surface area (Å²) in [5.41, 5.74) is -1.34.